The molecule has 0 saturated carbocycles. The van der Waals surface area contributed by atoms with Crippen molar-refractivity contribution in [1.29, 1.82) is 0 Å². The molecule has 0 unspecified atom stereocenters. The van der Waals surface area contributed by atoms with Crippen molar-refractivity contribution in [1.82, 2.24) is 9.62 Å². The van der Waals surface area contributed by atoms with Gasteiger partial charge in [-0.3, -0.25) is 4.79 Å². The van der Waals surface area contributed by atoms with Crippen LogP contribution in [0.25, 0.3) is 0 Å². The van der Waals surface area contributed by atoms with Gasteiger partial charge in [0.15, 0.2) is 0 Å². The first kappa shape index (κ1) is 18.9. The molecular formula is C18H28N2O3S. The molecule has 2 rings (SSSR count). The van der Waals surface area contributed by atoms with Gasteiger partial charge in [-0.1, -0.05) is 25.8 Å². The number of amides is 1. The highest BCUT2D eigenvalue weighted by molar-refractivity contribution is 7.89. The fourth-order valence-electron chi connectivity index (χ4n) is 2.93. The zero-order valence-corrected chi connectivity index (χ0v) is 15.5. The van der Waals surface area contributed by atoms with Crippen LogP contribution in [-0.4, -0.2) is 38.9 Å². The lowest BCUT2D eigenvalue weighted by Gasteiger charge is -2.27. The number of nitrogens with one attached hydrogen (secondary N) is 1. The molecule has 1 aromatic carbocycles. The SMILES string of the molecule is CCCCCNS(=O)(=O)c1ccc(C)c(C(=O)N2CCCCC2)c1. The zero-order valence-electron chi connectivity index (χ0n) is 14.7. The molecule has 134 valence electrons. The van der Waals surface area contributed by atoms with Crippen LogP contribution < -0.4 is 4.72 Å². The van der Waals surface area contributed by atoms with E-state index in [1.54, 1.807) is 12.1 Å². The van der Waals surface area contributed by atoms with Crippen LogP contribution in [0.4, 0.5) is 0 Å². The van der Waals surface area contributed by atoms with Crippen molar-refractivity contribution in [2.75, 3.05) is 19.6 Å². The second-order valence-corrected chi connectivity index (χ2v) is 8.20. The number of nitrogens with zero attached hydrogens (tertiary/aromatic N) is 1. The summed E-state index contributed by atoms with van der Waals surface area (Å²) in [5.74, 6) is -0.0600. The van der Waals surface area contributed by atoms with E-state index in [1.165, 1.54) is 6.07 Å². The van der Waals surface area contributed by atoms with E-state index in [0.29, 0.717) is 12.1 Å². The summed E-state index contributed by atoms with van der Waals surface area (Å²) in [6.45, 7) is 5.86. The van der Waals surface area contributed by atoms with Gasteiger partial charge in [0.05, 0.1) is 4.90 Å². The number of aryl methyl sites for hydroxylation is 1. The van der Waals surface area contributed by atoms with Crippen molar-refractivity contribution in [3.05, 3.63) is 29.3 Å². The topological polar surface area (TPSA) is 66.5 Å². The summed E-state index contributed by atoms with van der Waals surface area (Å²) in [5.41, 5.74) is 1.31. The summed E-state index contributed by atoms with van der Waals surface area (Å²) >= 11 is 0. The molecule has 0 spiro atoms. The maximum atomic E-state index is 12.7. The summed E-state index contributed by atoms with van der Waals surface area (Å²) in [6, 6.07) is 4.82. The van der Waals surface area contributed by atoms with Crippen molar-refractivity contribution >= 4 is 15.9 Å². The third kappa shape index (κ3) is 4.80. The first-order chi connectivity index (χ1) is 11.5. The Balaban J connectivity index is 2.16. The lowest BCUT2D eigenvalue weighted by Crippen LogP contribution is -2.36. The number of piperidine rings is 1. The van der Waals surface area contributed by atoms with E-state index in [-0.39, 0.29) is 10.8 Å². The molecule has 0 atom stereocenters. The van der Waals surface area contributed by atoms with Crippen LogP contribution in [0.15, 0.2) is 23.1 Å². The predicted octanol–water partition coefficient (Wildman–Crippen LogP) is 3.09. The summed E-state index contributed by atoms with van der Waals surface area (Å²) in [5, 5.41) is 0. The van der Waals surface area contributed by atoms with Crippen molar-refractivity contribution < 1.29 is 13.2 Å². The Morgan fingerprint density at radius 3 is 2.54 bits per heavy atom. The fraction of sp³-hybridized carbons (Fsp3) is 0.611. The van der Waals surface area contributed by atoms with Gasteiger partial charge < -0.3 is 4.90 Å². The third-order valence-corrected chi connectivity index (χ3v) is 5.92. The molecule has 24 heavy (non-hydrogen) atoms. The Labute approximate surface area is 145 Å². The number of rotatable bonds is 7. The van der Waals surface area contributed by atoms with Crippen molar-refractivity contribution in [2.45, 2.75) is 57.3 Å². The van der Waals surface area contributed by atoms with Crippen LogP contribution in [0.5, 0.6) is 0 Å². The van der Waals surface area contributed by atoms with Gasteiger partial charge in [-0.2, -0.15) is 0 Å². The van der Waals surface area contributed by atoms with Gasteiger partial charge in [0.25, 0.3) is 5.91 Å². The number of sulfonamides is 1. The average molecular weight is 353 g/mol. The number of benzene rings is 1. The Kier molecular flexibility index (Phi) is 6.80. The van der Waals surface area contributed by atoms with E-state index in [4.69, 9.17) is 0 Å². The molecule has 1 fully saturated rings. The predicted molar refractivity (Wildman–Crippen MR) is 95.6 cm³/mol. The van der Waals surface area contributed by atoms with E-state index in [9.17, 15) is 13.2 Å². The maximum absolute atomic E-state index is 12.7. The molecular weight excluding hydrogens is 324 g/mol. The molecule has 1 aromatic rings. The van der Waals surface area contributed by atoms with E-state index >= 15 is 0 Å². The van der Waals surface area contributed by atoms with Gasteiger partial charge in [-0.25, -0.2) is 13.1 Å². The molecule has 1 aliphatic rings. The Hall–Kier alpha value is -1.40. The maximum Gasteiger partial charge on any atom is 0.254 e. The molecule has 1 saturated heterocycles. The number of carbonyl (C=O) groups is 1. The van der Waals surface area contributed by atoms with Crippen molar-refractivity contribution in [3.63, 3.8) is 0 Å². The summed E-state index contributed by atoms with van der Waals surface area (Å²) in [7, 11) is -3.56. The highest BCUT2D eigenvalue weighted by Gasteiger charge is 2.22. The van der Waals surface area contributed by atoms with E-state index in [2.05, 4.69) is 11.6 Å². The normalized spacial score (nSPS) is 15.5. The molecule has 1 aliphatic heterocycles. The number of likely N-dealkylation sites (tertiary alicyclic amines) is 1. The van der Waals surface area contributed by atoms with Gasteiger partial charge in [0.2, 0.25) is 10.0 Å². The number of carbonyl (C=O) groups excluding carboxylic acids is 1. The molecule has 1 heterocycles. The van der Waals surface area contributed by atoms with Gasteiger partial charge in [0, 0.05) is 25.2 Å². The first-order valence-corrected chi connectivity index (χ1v) is 10.3. The fourth-order valence-corrected chi connectivity index (χ4v) is 4.03. The lowest BCUT2D eigenvalue weighted by molar-refractivity contribution is 0.0723. The molecule has 0 radical (unpaired) electrons. The first-order valence-electron chi connectivity index (χ1n) is 8.85. The van der Waals surface area contributed by atoms with Crippen LogP contribution in [0.1, 0.15) is 61.4 Å². The van der Waals surface area contributed by atoms with Gasteiger partial charge in [0.1, 0.15) is 0 Å². The minimum atomic E-state index is -3.56. The Bertz CT molecular complexity index is 665. The highest BCUT2D eigenvalue weighted by Crippen LogP contribution is 2.20. The van der Waals surface area contributed by atoms with Gasteiger partial charge in [-0.05, 0) is 50.3 Å². The van der Waals surface area contributed by atoms with E-state index in [0.717, 1.165) is 57.2 Å². The van der Waals surface area contributed by atoms with Crippen LogP contribution in [0, 0.1) is 6.92 Å². The minimum Gasteiger partial charge on any atom is -0.339 e. The van der Waals surface area contributed by atoms with Crippen LogP contribution in [0.2, 0.25) is 0 Å². The Morgan fingerprint density at radius 1 is 1.17 bits per heavy atom. The molecule has 6 heteroatoms. The zero-order chi connectivity index (χ0) is 17.6. The van der Waals surface area contributed by atoms with Gasteiger partial charge in [-0.15, -0.1) is 0 Å². The monoisotopic (exact) mass is 352 g/mol. The highest BCUT2D eigenvalue weighted by atomic mass is 32.2. The number of unbranched alkanes of at least 4 members (excludes halogenated alkanes) is 2. The smallest absolute Gasteiger partial charge is 0.254 e. The van der Waals surface area contributed by atoms with Crippen LogP contribution in [0.3, 0.4) is 0 Å². The molecule has 0 aromatic heterocycles. The second-order valence-electron chi connectivity index (χ2n) is 6.43. The van der Waals surface area contributed by atoms with Crippen molar-refractivity contribution in [3.8, 4) is 0 Å². The lowest BCUT2D eigenvalue weighted by atomic mass is 10.1. The molecule has 0 bridgehead atoms. The minimum absolute atomic E-state index is 0.0600. The Morgan fingerprint density at radius 2 is 1.88 bits per heavy atom. The van der Waals surface area contributed by atoms with Crippen LogP contribution >= 0.6 is 0 Å². The van der Waals surface area contributed by atoms with Gasteiger partial charge >= 0.3 is 0 Å². The third-order valence-electron chi connectivity index (χ3n) is 4.47. The largest absolute Gasteiger partial charge is 0.339 e. The standard InChI is InChI=1S/C18H28N2O3S/c1-3-4-6-11-19-24(22,23)16-10-9-15(2)17(14-16)18(21)20-12-7-5-8-13-20/h9-10,14,19H,3-8,11-13H2,1-2H3. The summed E-state index contributed by atoms with van der Waals surface area (Å²) in [4.78, 5) is 14.7. The molecule has 1 N–H and O–H groups in total. The van der Waals surface area contributed by atoms with Crippen molar-refractivity contribution in [2.24, 2.45) is 0 Å². The number of hydrogen-bond donors (Lipinski definition) is 1. The molecule has 5 nitrogen and oxygen atoms in total. The summed E-state index contributed by atoms with van der Waals surface area (Å²) < 4.78 is 27.5. The van der Waals surface area contributed by atoms with Crippen LogP contribution in [-0.2, 0) is 10.0 Å². The van der Waals surface area contributed by atoms with E-state index < -0.39 is 10.0 Å². The quantitative estimate of drug-likeness (QED) is 0.767. The molecule has 0 aliphatic carbocycles. The second kappa shape index (κ2) is 8.62. The summed E-state index contributed by atoms with van der Waals surface area (Å²) in [6.07, 6.45) is 6.04. The average Bonchev–Trinajstić information content (AvgIpc) is 2.59. The molecule has 1 amide bonds. The number of hydrogen-bond acceptors (Lipinski definition) is 3. The van der Waals surface area contributed by atoms with E-state index in [1.807, 2.05) is 11.8 Å².